The van der Waals surface area contributed by atoms with Crippen LogP contribution in [0.1, 0.15) is 20.7 Å². The number of benzene rings is 3. The van der Waals surface area contributed by atoms with Gasteiger partial charge in [0.15, 0.2) is 13.2 Å². The van der Waals surface area contributed by atoms with Gasteiger partial charge in [-0.05, 0) is 48.5 Å². The highest BCUT2D eigenvalue weighted by molar-refractivity contribution is 5.97. The van der Waals surface area contributed by atoms with Gasteiger partial charge in [-0.2, -0.15) is 0 Å². The molecule has 3 rings (SSSR count). The third-order valence-electron chi connectivity index (χ3n) is 4.54. The minimum atomic E-state index is -0.841. The minimum absolute atomic E-state index is 0.000238. The summed E-state index contributed by atoms with van der Waals surface area (Å²) in [4.78, 5) is 48.1. The van der Waals surface area contributed by atoms with Crippen LogP contribution in [0.25, 0.3) is 0 Å². The molecule has 0 aliphatic heterocycles. The Labute approximate surface area is 199 Å². The molecule has 10 heteroatoms. The van der Waals surface area contributed by atoms with Crippen molar-refractivity contribution < 1.29 is 37.8 Å². The second-order valence-corrected chi connectivity index (χ2v) is 7.01. The van der Waals surface area contributed by atoms with Crippen molar-refractivity contribution in [2.75, 3.05) is 31.0 Å². The lowest BCUT2D eigenvalue weighted by Gasteiger charge is -2.12. The smallest absolute Gasteiger partial charge is 0.342 e. The second kappa shape index (κ2) is 11.9. The summed E-state index contributed by atoms with van der Waals surface area (Å²) in [6, 6.07) is 17.6. The maximum Gasteiger partial charge on any atom is 0.342 e. The Kier molecular flexibility index (Phi) is 8.49. The molecule has 9 nitrogen and oxygen atoms in total. The first-order valence-corrected chi connectivity index (χ1v) is 10.3. The molecule has 0 unspecified atom stereocenters. The number of carbonyl (C=O) groups is 4. The summed E-state index contributed by atoms with van der Waals surface area (Å²) < 4.78 is 28.7. The lowest BCUT2D eigenvalue weighted by molar-refractivity contribution is -0.119. The van der Waals surface area contributed by atoms with Crippen LogP contribution in [0.2, 0.25) is 0 Å². The SMILES string of the molecule is COC(=O)c1ccc(NC(=O)COC(=O)c2ccccc2OCC(=O)Nc2ccccc2F)cc1. The fourth-order valence-corrected chi connectivity index (χ4v) is 2.87. The van der Waals surface area contributed by atoms with Crippen LogP contribution in [-0.2, 0) is 19.1 Å². The number of amides is 2. The van der Waals surface area contributed by atoms with E-state index in [1.807, 2.05) is 0 Å². The second-order valence-electron chi connectivity index (χ2n) is 7.01. The van der Waals surface area contributed by atoms with Gasteiger partial charge in [0.2, 0.25) is 0 Å². The predicted molar refractivity (Wildman–Crippen MR) is 124 cm³/mol. The van der Waals surface area contributed by atoms with E-state index in [1.54, 1.807) is 18.2 Å². The Morgan fingerprint density at radius 2 is 1.43 bits per heavy atom. The molecule has 0 bridgehead atoms. The van der Waals surface area contributed by atoms with E-state index < -0.39 is 42.8 Å². The standard InChI is InChI=1S/C25H21FN2O7/c1-33-24(31)16-10-12-17(13-11-16)27-22(29)15-35-25(32)18-6-2-5-9-21(18)34-14-23(30)28-20-8-4-3-7-19(20)26/h2-13H,14-15H2,1H3,(H,27,29)(H,28,30). The van der Waals surface area contributed by atoms with Crippen LogP contribution in [0.15, 0.2) is 72.8 Å². The molecule has 2 N–H and O–H groups in total. The van der Waals surface area contributed by atoms with Crippen molar-refractivity contribution in [3.63, 3.8) is 0 Å². The van der Waals surface area contributed by atoms with Gasteiger partial charge in [-0.1, -0.05) is 24.3 Å². The zero-order valence-corrected chi connectivity index (χ0v) is 18.6. The molecule has 0 atom stereocenters. The maximum absolute atomic E-state index is 13.7. The van der Waals surface area contributed by atoms with Gasteiger partial charge in [-0.3, -0.25) is 9.59 Å². The van der Waals surface area contributed by atoms with Crippen LogP contribution in [0.4, 0.5) is 15.8 Å². The quantitative estimate of drug-likeness (QED) is 0.450. The zero-order chi connectivity index (χ0) is 25.2. The van der Waals surface area contributed by atoms with Crippen LogP contribution in [0, 0.1) is 5.82 Å². The van der Waals surface area contributed by atoms with Crippen molar-refractivity contribution in [3.8, 4) is 5.75 Å². The van der Waals surface area contributed by atoms with Crippen molar-refractivity contribution in [2.24, 2.45) is 0 Å². The molecule has 2 amide bonds. The van der Waals surface area contributed by atoms with E-state index >= 15 is 0 Å². The number of ether oxygens (including phenoxy) is 3. The number of para-hydroxylation sites is 2. The van der Waals surface area contributed by atoms with Crippen molar-refractivity contribution in [3.05, 3.63) is 89.7 Å². The molecule has 0 aromatic heterocycles. The van der Waals surface area contributed by atoms with E-state index in [0.29, 0.717) is 11.3 Å². The van der Waals surface area contributed by atoms with E-state index in [0.717, 1.165) is 0 Å². The predicted octanol–water partition coefficient (Wildman–Crippen LogP) is 3.43. The lowest BCUT2D eigenvalue weighted by atomic mass is 10.2. The normalized spacial score (nSPS) is 10.1. The number of halogens is 1. The number of methoxy groups -OCH3 is 1. The molecule has 35 heavy (non-hydrogen) atoms. The van der Waals surface area contributed by atoms with Gasteiger partial charge >= 0.3 is 11.9 Å². The highest BCUT2D eigenvalue weighted by Crippen LogP contribution is 2.20. The summed E-state index contributed by atoms with van der Waals surface area (Å²) in [7, 11) is 1.26. The summed E-state index contributed by atoms with van der Waals surface area (Å²) in [5, 5.41) is 4.90. The summed E-state index contributed by atoms with van der Waals surface area (Å²) in [5.74, 6) is -3.13. The zero-order valence-electron chi connectivity index (χ0n) is 18.6. The van der Waals surface area contributed by atoms with Crippen LogP contribution < -0.4 is 15.4 Å². The fourth-order valence-electron chi connectivity index (χ4n) is 2.87. The van der Waals surface area contributed by atoms with Crippen LogP contribution in [0.5, 0.6) is 5.75 Å². The molecule has 0 aliphatic carbocycles. The Hall–Kier alpha value is -4.73. The first-order valence-electron chi connectivity index (χ1n) is 10.3. The molecule has 0 heterocycles. The van der Waals surface area contributed by atoms with Gasteiger partial charge in [0, 0.05) is 5.69 Å². The molecular formula is C25H21FN2O7. The van der Waals surface area contributed by atoms with Gasteiger partial charge in [0.1, 0.15) is 17.1 Å². The average Bonchev–Trinajstić information content (AvgIpc) is 2.87. The average molecular weight is 480 g/mol. The molecule has 0 saturated carbocycles. The monoisotopic (exact) mass is 480 g/mol. The highest BCUT2D eigenvalue weighted by Gasteiger charge is 2.17. The van der Waals surface area contributed by atoms with Crippen molar-refractivity contribution in [1.82, 2.24) is 0 Å². The summed E-state index contributed by atoms with van der Waals surface area (Å²) >= 11 is 0. The summed E-state index contributed by atoms with van der Waals surface area (Å²) in [6.45, 7) is -1.07. The molecule has 3 aromatic carbocycles. The topological polar surface area (TPSA) is 120 Å². The summed E-state index contributed by atoms with van der Waals surface area (Å²) in [6.07, 6.45) is 0. The molecule has 3 aromatic rings. The Morgan fingerprint density at radius 1 is 0.771 bits per heavy atom. The van der Waals surface area contributed by atoms with Gasteiger partial charge in [-0.15, -0.1) is 0 Å². The van der Waals surface area contributed by atoms with E-state index in [1.165, 1.54) is 61.7 Å². The maximum atomic E-state index is 13.7. The van der Waals surface area contributed by atoms with Crippen molar-refractivity contribution in [1.29, 1.82) is 0 Å². The van der Waals surface area contributed by atoms with E-state index in [-0.39, 0.29) is 17.0 Å². The fraction of sp³-hybridized carbons (Fsp3) is 0.120. The van der Waals surface area contributed by atoms with Gasteiger partial charge < -0.3 is 24.8 Å². The van der Waals surface area contributed by atoms with Crippen LogP contribution in [0.3, 0.4) is 0 Å². The first kappa shape index (κ1) is 24.9. The number of anilines is 2. The number of carbonyl (C=O) groups excluding carboxylic acids is 4. The number of nitrogens with one attached hydrogen (secondary N) is 2. The van der Waals surface area contributed by atoms with Crippen molar-refractivity contribution in [2.45, 2.75) is 0 Å². The summed E-state index contributed by atoms with van der Waals surface area (Å²) in [5.41, 5.74) is 0.709. The molecule has 0 aliphatic rings. The number of hydrogen-bond acceptors (Lipinski definition) is 7. The molecule has 0 spiro atoms. The first-order chi connectivity index (χ1) is 16.9. The Bertz CT molecular complexity index is 1230. The number of esters is 2. The third kappa shape index (κ3) is 7.13. The van der Waals surface area contributed by atoms with Gasteiger partial charge in [0.05, 0.1) is 18.4 Å². The van der Waals surface area contributed by atoms with E-state index in [9.17, 15) is 23.6 Å². The largest absolute Gasteiger partial charge is 0.483 e. The molecule has 0 fully saturated rings. The third-order valence-corrected chi connectivity index (χ3v) is 4.54. The Morgan fingerprint density at radius 3 is 2.14 bits per heavy atom. The van der Waals surface area contributed by atoms with Gasteiger partial charge in [-0.25, -0.2) is 14.0 Å². The van der Waals surface area contributed by atoms with E-state index in [2.05, 4.69) is 15.4 Å². The van der Waals surface area contributed by atoms with E-state index in [4.69, 9.17) is 9.47 Å². The lowest BCUT2D eigenvalue weighted by Crippen LogP contribution is -2.23. The molecule has 0 radical (unpaired) electrons. The molecule has 180 valence electrons. The van der Waals surface area contributed by atoms with Gasteiger partial charge in [0.25, 0.3) is 11.8 Å². The highest BCUT2D eigenvalue weighted by atomic mass is 19.1. The number of rotatable bonds is 9. The van der Waals surface area contributed by atoms with Crippen molar-refractivity contribution >= 4 is 35.1 Å². The molecular weight excluding hydrogens is 459 g/mol. The molecule has 0 saturated heterocycles. The van der Waals surface area contributed by atoms with Crippen LogP contribution in [-0.4, -0.2) is 44.1 Å². The Balaban J connectivity index is 1.52. The van der Waals surface area contributed by atoms with Crippen LogP contribution >= 0.6 is 0 Å². The number of hydrogen-bond donors (Lipinski definition) is 2. The minimum Gasteiger partial charge on any atom is -0.483 e.